The zero-order valence-corrected chi connectivity index (χ0v) is 17.8. The molecule has 0 bridgehead atoms. The number of pyridine rings is 1. The average molecular weight is 471 g/mol. The van der Waals surface area contributed by atoms with Crippen molar-refractivity contribution >= 4 is 56.5 Å². The maximum atomic E-state index is 13.0. The van der Waals surface area contributed by atoms with Gasteiger partial charge < -0.3 is 0 Å². The molecule has 0 fully saturated rings. The maximum absolute atomic E-state index is 13.0. The number of benzene rings is 1. The van der Waals surface area contributed by atoms with E-state index in [9.17, 15) is 18.5 Å². The summed E-state index contributed by atoms with van der Waals surface area (Å²) in [4.78, 5) is 18.8. The number of hydrogen-bond acceptors (Lipinski definition) is 7. The molecule has 0 saturated carbocycles. The van der Waals surface area contributed by atoms with Crippen LogP contribution in [0.15, 0.2) is 57.3 Å². The van der Waals surface area contributed by atoms with E-state index in [2.05, 4.69) is 9.97 Å². The monoisotopic (exact) mass is 470 g/mol. The minimum Gasteiger partial charge on any atom is -0.297 e. The minimum absolute atomic E-state index is 0. The van der Waals surface area contributed by atoms with Crippen LogP contribution in [0.1, 0.15) is 5.56 Å². The van der Waals surface area contributed by atoms with Gasteiger partial charge in [-0.15, -0.1) is 23.7 Å². The number of sulfone groups is 1. The number of halogens is 2. The first-order valence-electron chi connectivity index (χ1n) is 7.86. The van der Waals surface area contributed by atoms with Gasteiger partial charge in [-0.2, -0.15) is 0 Å². The molecule has 3 aromatic heterocycles. The number of imidazole rings is 1. The van der Waals surface area contributed by atoms with Gasteiger partial charge in [-0.3, -0.25) is 14.5 Å². The predicted octanol–water partition coefficient (Wildman–Crippen LogP) is 4.58. The summed E-state index contributed by atoms with van der Waals surface area (Å²) >= 11 is 6.98. The Morgan fingerprint density at radius 2 is 2.00 bits per heavy atom. The zero-order valence-electron chi connectivity index (χ0n) is 14.6. The summed E-state index contributed by atoms with van der Waals surface area (Å²) in [5, 5.41) is 13.1. The Balaban J connectivity index is 0.00000240. The number of hydrogen-bond donors (Lipinski definition) is 0. The number of aromatic nitrogens is 3. The molecular formula is C17H12Cl2N4O4S2. The Morgan fingerprint density at radius 3 is 2.72 bits per heavy atom. The van der Waals surface area contributed by atoms with Crippen molar-refractivity contribution in [2.24, 2.45) is 0 Å². The van der Waals surface area contributed by atoms with Crippen LogP contribution in [0.5, 0.6) is 0 Å². The fourth-order valence-corrected chi connectivity index (χ4v) is 5.52. The van der Waals surface area contributed by atoms with Gasteiger partial charge in [0.25, 0.3) is 5.69 Å². The molecule has 0 aliphatic heterocycles. The summed E-state index contributed by atoms with van der Waals surface area (Å²) in [6.45, 7) is 1.58. The smallest absolute Gasteiger partial charge is 0.270 e. The summed E-state index contributed by atoms with van der Waals surface area (Å²) in [5.74, 6) is 0. The van der Waals surface area contributed by atoms with Crippen LogP contribution >= 0.6 is 35.3 Å². The minimum atomic E-state index is -4.01. The van der Waals surface area contributed by atoms with Crippen molar-refractivity contribution in [2.75, 3.05) is 0 Å². The number of nitro groups is 1. The normalized spacial score (nSPS) is 11.4. The Bertz CT molecular complexity index is 1350. The summed E-state index contributed by atoms with van der Waals surface area (Å²) in [6, 6.07) is 7.17. The Labute approximate surface area is 180 Å². The second kappa shape index (κ2) is 7.71. The van der Waals surface area contributed by atoms with E-state index in [0.29, 0.717) is 27.6 Å². The molecule has 0 aliphatic rings. The number of aryl methyl sites for hydroxylation is 1. The van der Waals surface area contributed by atoms with E-state index in [1.807, 2.05) is 0 Å². The molecule has 0 spiro atoms. The molecule has 0 saturated heterocycles. The second-order valence-electron chi connectivity index (χ2n) is 5.93. The van der Waals surface area contributed by atoms with Gasteiger partial charge in [0.1, 0.15) is 11.3 Å². The summed E-state index contributed by atoms with van der Waals surface area (Å²) in [7, 11) is -4.01. The van der Waals surface area contributed by atoms with Crippen molar-refractivity contribution in [1.29, 1.82) is 0 Å². The topological polar surface area (TPSA) is 107 Å². The van der Waals surface area contributed by atoms with E-state index < -0.39 is 14.8 Å². The Kier molecular flexibility index (Phi) is 5.63. The highest BCUT2D eigenvalue weighted by atomic mass is 35.5. The molecule has 1 aromatic carbocycles. The zero-order chi connectivity index (χ0) is 20.1. The van der Waals surface area contributed by atoms with Crippen molar-refractivity contribution in [3.8, 4) is 11.4 Å². The van der Waals surface area contributed by atoms with Gasteiger partial charge in [0, 0.05) is 23.7 Å². The van der Waals surface area contributed by atoms with Crippen LogP contribution in [-0.4, -0.2) is 27.7 Å². The lowest BCUT2D eigenvalue weighted by atomic mass is 10.2. The van der Waals surface area contributed by atoms with Crippen LogP contribution < -0.4 is 0 Å². The number of rotatable bonds is 4. The largest absolute Gasteiger partial charge is 0.297 e. The standard InChI is InChI=1S/C17H11ClN4O4S2.ClH/c1-10-2-4-12(22(23)24)6-15(10)28(25,26)17-20-13(9-27-17)14-7-19-16-5-3-11(18)8-21(14)16;/h2-9H,1H3;1H. The molecule has 3 heterocycles. The fourth-order valence-electron chi connectivity index (χ4n) is 2.73. The highest BCUT2D eigenvalue weighted by molar-refractivity contribution is 7.93. The van der Waals surface area contributed by atoms with Crippen molar-refractivity contribution in [3.05, 3.63) is 68.8 Å². The van der Waals surface area contributed by atoms with Crippen LogP contribution in [0.2, 0.25) is 5.02 Å². The van der Waals surface area contributed by atoms with Crippen molar-refractivity contribution in [2.45, 2.75) is 16.2 Å². The Morgan fingerprint density at radius 1 is 1.24 bits per heavy atom. The number of thiazole rings is 1. The van der Waals surface area contributed by atoms with Gasteiger partial charge in [0.15, 0.2) is 0 Å². The molecule has 0 aliphatic carbocycles. The summed E-state index contributed by atoms with van der Waals surface area (Å²) in [6.07, 6.45) is 3.24. The van der Waals surface area contributed by atoms with Gasteiger partial charge in [-0.05, 0) is 24.6 Å². The van der Waals surface area contributed by atoms with Gasteiger partial charge in [-0.1, -0.05) is 17.7 Å². The van der Waals surface area contributed by atoms with Crippen LogP contribution in [-0.2, 0) is 9.84 Å². The molecular weight excluding hydrogens is 459 g/mol. The molecule has 0 radical (unpaired) electrons. The molecule has 0 unspecified atom stereocenters. The number of fused-ring (bicyclic) bond motifs is 1. The van der Waals surface area contributed by atoms with Crippen molar-refractivity contribution in [1.82, 2.24) is 14.4 Å². The van der Waals surface area contributed by atoms with Gasteiger partial charge in [0.05, 0.1) is 26.7 Å². The molecule has 8 nitrogen and oxygen atoms in total. The van der Waals surface area contributed by atoms with Crippen LogP contribution in [0, 0.1) is 17.0 Å². The Hall–Kier alpha value is -2.53. The first-order chi connectivity index (χ1) is 13.3. The lowest BCUT2D eigenvalue weighted by Crippen LogP contribution is -2.05. The third-order valence-corrected chi connectivity index (χ3v) is 7.49. The SMILES string of the molecule is Cc1ccc([N+](=O)[O-])cc1S(=O)(=O)c1nc(-c2cnc3ccc(Cl)cn23)cs1.Cl. The van der Waals surface area contributed by atoms with E-state index in [4.69, 9.17) is 11.6 Å². The van der Waals surface area contributed by atoms with Crippen LogP contribution in [0.25, 0.3) is 17.0 Å². The fraction of sp³-hybridized carbons (Fsp3) is 0.0588. The number of nitrogens with zero attached hydrogens (tertiary/aromatic N) is 4. The van der Waals surface area contributed by atoms with E-state index in [1.54, 1.807) is 41.2 Å². The molecule has 4 rings (SSSR count). The highest BCUT2D eigenvalue weighted by Gasteiger charge is 2.26. The van der Waals surface area contributed by atoms with Gasteiger partial charge in [0.2, 0.25) is 14.2 Å². The van der Waals surface area contributed by atoms with Crippen LogP contribution in [0.4, 0.5) is 5.69 Å². The highest BCUT2D eigenvalue weighted by Crippen LogP contribution is 2.32. The van der Waals surface area contributed by atoms with Crippen LogP contribution in [0.3, 0.4) is 0 Å². The maximum Gasteiger partial charge on any atom is 0.270 e. The molecule has 150 valence electrons. The predicted molar refractivity (Wildman–Crippen MR) is 112 cm³/mol. The molecule has 0 amide bonds. The second-order valence-corrected chi connectivity index (χ2v) is 9.31. The molecule has 12 heteroatoms. The van der Waals surface area contributed by atoms with Gasteiger partial charge in [-0.25, -0.2) is 18.4 Å². The number of non-ortho nitro benzene ring substituents is 1. The molecule has 29 heavy (non-hydrogen) atoms. The molecule has 0 atom stereocenters. The average Bonchev–Trinajstić information content (AvgIpc) is 3.28. The lowest BCUT2D eigenvalue weighted by molar-refractivity contribution is -0.385. The molecule has 4 aromatic rings. The number of nitro benzene ring substituents is 1. The first-order valence-corrected chi connectivity index (χ1v) is 10.6. The van der Waals surface area contributed by atoms with Crippen molar-refractivity contribution < 1.29 is 13.3 Å². The van der Waals surface area contributed by atoms with E-state index in [0.717, 1.165) is 17.4 Å². The summed E-state index contributed by atoms with van der Waals surface area (Å²) < 4.78 is 27.6. The quantitative estimate of drug-likeness (QED) is 0.319. The summed E-state index contributed by atoms with van der Waals surface area (Å²) in [5.41, 5.74) is 1.76. The third-order valence-electron chi connectivity index (χ3n) is 4.12. The first kappa shape index (κ1) is 21.2. The lowest BCUT2D eigenvalue weighted by Gasteiger charge is -2.05. The van der Waals surface area contributed by atoms with E-state index >= 15 is 0 Å². The van der Waals surface area contributed by atoms with Crippen molar-refractivity contribution in [3.63, 3.8) is 0 Å². The van der Waals surface area contributed by atoms with E-state index in [-0.39, 0.29) is 27.3 Å². The van der Waals surface area contributed by atoms with Gasteiger partial charge >= 0.3 is 0 Å². The van der Waals surface area contributed by atoms with E-state index in [1.165, 1.54) is 12.1 Å². The third kappa shape index (κ3) is 3.71. The molecule has 0 N–H and O–H groups in total.